The summed E-state index contributed by atoms with van der Waals surface area (Å²) in [6.45, 7) is 2.07. The molecule has 2 unspecified atom stereocenters. The smallest absolute Gasteiger partial charge is 0.272 e. The fourth-order valence-corrected chi connectivity index (χ4v) is 2.56. The molecule has 0 bridgehead atoms. The average Bonchev–Trinajstić information content (AvgIpc) is 2.75. The molecule has 0 spiro atoms. The molecule has 1 saturated carbocycles. The van der Waals surface area contributed by atoms with Crippen LogP contribution in [0.4, 0.5) is 0 Å². The highest BCUT2D eigenvalue weighted by Gasteiger charge is 2.53. The number of amides is 1. The van der Waals surface area contributed by atoms with Gasteiger partial charge in [0.05, 0.1) is 0 Å². The van der Waals surface area contributed by atoms with Crippen LogP contribution >= 0.6 is 23.9 Å². The quantitative estimate of drug-likeness (QED) is 0.765. The van der Waals surface area contributed by atoms with Crippen molar-refractivity contribution in [2.24, 2.45) is 11.8 Å². The van der Waals surface area contributed by atoms with E-state index in [2.05, 4.69) is 20.2 Å². The molecular weight excluding hydrogens is 236 g/mol. The van der Waals surface area contributed by atoms with E-state index in [1.54, 1.807) is 5.38 Å². The summed E-state index contributed by atoms with van der Waals surface area (Å²) in [6, 6.07) is 0.366. The van der Waals surface area contributed by atoms with E-state index in [0.29, 0.717) is 23.6 Å². The highest BCUT2D eigenvalue weighted by molar-refractivity contribution is 7.03. The Labute approximate surface area is 97.2 Å². The van der Waals surface area contributed by atoms with Gasteiger partial charge in [0.25, 0.3) is 5.91 Å². The molecule has 1 aliphatic heterocycles. The van der Waals surface area contributed by atoms with Crippen LogP contribution in [-0.4, -0.2) is 34.6 Å². The monoisotopic (exact) mass is 246 g/mol. The van der Waals surface area contributed by atoms with Crippen molar-refractivity contribution in [3.8, 4) is 0 Å². The van der Waals surface area contributed by atoms with Gasteiger partial charge in [-0.25, -0.2) is 0 Å². The molecule has 0 aromatic carbocycles. The molecule has 82 valence electrons. The number of carbonyl (C=O) groups is 1. The van der Waals surface area contributed by atoms with Crippen LogP contribution < -0.4 is 10.6 Å². The number of hydrogen-bond acceptors (Lipinski definition) is 5. The van der Waals surface area contributed by atoms with Gasteiger partial charge in [0.2, 0.25) is 0 Å². The molecule has 3 rings (SSSR count). The van der Waals surface area contributed by atoms with Crippen LogP contribution in [0.25, 0.3) is 0 Å². The van der Waals surface area contributed by atoms with Crippen molar-refractivity contribution in [3.63, 3.8) is 0 Å². The van der Waals surface area contributed by atoms with E-state index < -0.39 is 0 Å². The van der Waals surface area contributed by atoms with Crippen molar-refractivity contribution in [2.75, 3.05) is 13.1 Å². The van der Waals surface area contributed by atoms with E-state index in [-0.39, 0.29) is 18.3 Å². The number of hydrogen-bond donors (Lipinski definition) is 2. The van der Waals surface area contributed by atoms with Crippen LogP contribution in [0.3, 0.4) is 0 Å². The normalized spacial score (nSPS) is 31.6. The average molecular weight is 247 g/mol. The summed E-state index contributed by atoms with van der Waals surface area (Å²) in [6.07, 6.45) is 0. The van der Waals surface area contributed by atoms with Gasteiger partial charge in [-0.1, -0.05) is 4.49 Å². The van der Waals surface area contributed by atoms with Gasteiger partial charge in [0.15, 0.2) is 5.69 Å². The van der Waals surface area contributed by atoms with Crippen LogP contribution in [0, 0.1) is 11.8 Å². The number of carbonyl (C=O) groups excluding carboxylic acids is 1. The van der Waals surface area contributed by atoms with Gasteiger partial charge in [-0.2, -0.15) is 0 Å². The third-order valence-electron chi connectivity index (χ3n) is 2.98. The third kappa shape index (κ3) is 1.84. The molecule has 2 N–H and O–H groups in total. The van der Waals surface area contributed by atoms with Crippen molar-refractivity contribution < 1.29 is 4.79 Å². The number of rotatable bonds is 2. The molecule has 15 heavy (non-hydrogen) atoms. The Kier molecular flexibility index (Phi) is 2.90. The summed E-state index contributed by atoms with van der Waals surface area (Å²) < 4.78 is 3.66. The highest BCUT2D eigenvalue weighted by Crippen LogP contribution is 2.41. The van der Waals surface area contributed by atoms with Crippen molar-refractivity contribution >= 4 is 29.8 Å². The number of piperidine rings is 1. The van der Waals surface area contributed by atoms with E-state index >= 15 is 0 Å². The molecule has 2 atom stereocenters. The maximum Gasteiger partial charge on any atom is 0.272 e. The minimum Gasteiger partial charge on any atom is -0.347 e. The second-order valence-electron chi connectivity index (χ2n) is 3.78. The van der Waals surface area contributed by atoms with Crippen LogP contribution in [0.5, 0.6) is 0 Å². The number of halogens is 1. The SMILES string of the molecule is Cl.O=C(NC1C2CNCC21)c1csnn1. The first kappa shape index (κ1) is 10.8. The minimum absolute atomic E-state index is 0. The lowest BCUT2D eigenvalue weighted by atomic mass is 10.4. The predicted octanol–water partition coefficient (Wildman–Crippen LogP) is -0.0925. The van der Waals surface area contributed by atoms with Crippen molar-refractivity contribution in [2.45, 2.75) is 6.04 Å². The zero-order valence-electron chi connectivity index (χ0n) is 7.84. The summed E-state index contributed by atoms with van der Waals surface area (Å²) in [5, 5.41) is 11.7. The van der Waals surface area contributed by atoms with E-state index in [1.165, 1.54) is 11.5 Å². The Morgan fingerprint density at radius 2 is 2.27 bits per heavy atom. The number of nitrogens with one attached hydrogen (secondary N) is 2. The van der Waals surface area contributed by atoms with Crippen molar-refractivity contribution in [3.05, 3.63) is 11.1 Å². The van der Waals surface area contributed by atoms with E-state index in [9.17, 15) is 4.79 Å². The number of aromatic nitrogens is 2. The van der Waals surface area contributed by atoms with Gasteiger partial charge < -0.3 is 10.6 Å². The van der Waals surface area contributed by atoms with Crippen LogP contribution in [0.1, 0.15) is 10.5 Å². The Morgan fingerprint density at radius 3 is 2.87 bits per heavy atom. The Bertz CT molecular complexity index is 348. The van der Waals surface area contributed by atoms with Gasteiger partial charge in [0, 0.05) is 24.5 Å². The van der Waals surface area contributed by atoms with Gasteiger partial charge in [0.1, 0.15) is 0 Å². The fraction of sp³-hybridized carbons (Fsp3) is 0.625. The summed E-state index contributed by atoms with van der Waals surface area (Å²) in [5.41, 5.74) is 0.438. The zero-order valence-corrected chi connectivity index (χ0v) is 9.48. The van der Waals surface area contributed by atoms with Crippen molar-refractivity contribution in [1.29, 1.82) is 0 Å². The second kappa shape index (κ2) is 4.03. The third-order valence-corrected chi connectivity index (χ3v) is 3.49. The highest BCUT2D eigenvalue weighted by atomic mass is 35.5. The first-order chi connectivity index (χ1) is 6.86. The molecule has 5 nitrogen and oxygen atoms in total. The summed E-state index contributed by atoms with van der Waals surface area (Å²) in [5.74, 6) is 1.20. The second-order valence-corrected chi connectivity index (χ2v) is 4.39. The van der Waals surface area contributed by atoms with E-state index in [4.69, 9.17) is 0 Å². The zero-order chi connectivity index (χ0) is 9.54. The molecule has 1 aliphatic carbocycles. The van der Waals surface area contributed by atoms with Gasteiger partial charge >= 0.3 is 0 Å². The van der Waals surface area contributed by atoms with Gasteiger partial charge in [-0.3, -0.25) is 4.79 Å². The van der Waals surface area contributed by atoms with Crippen LogP contribution in [0.2, 0.25) is 0 Å². The molecular formula is C8H11ClN4OS. The molecule has 1 aromatic heterocycles. The minimum atomic E-state index is -0.0850. The maximum absolute atomic E-state index is 11.6. The Balaban J connectivity index is 0.000000853. The van der Waals surface area contributed by atoms with Crippen molar-refractivity contribution in [1.82, 2.24) is 20.2 Å². The lowest BCUT2D eigenvalue weighted by Crippen LogP contribution is -2.32. The fourth-order valence-electron chi connectivity index (χ4n) is 2.12. The van der Waals surface area contributed by atoms with Gasteiger partial charge in [-0.05, 0) is 23.4 Å². The molecule has 2 fully saturated rings. The molecule has 2 aliphatic rings. The Morgan fingerprint density at radius 1 is 1.53 bits per heavy atom. The molecule has 0 radical (unpaired) electrons. The predicted molar refractivity (Wildman–Crippen MR) is 58.3 cm³/mol. The topological polar surface area (TPSA) is 66.9 Å². The first-order valence-electron chi connectivity index (χ1n) is 4.65. The largest absolute Gasteiger partial charge is 0.347 e. The van der Waals surface area contributed by atoms with Crippen LogP contribution in [-0.2, 0) is 0 Å². The summed E-state index contributed by atoms with van der Waals surface area (Å²) in [4.78, 5) is 11.6. The number of nitrogens with zero attached hydrogens (tertiary/aromatic N) is 2. The van der Waals surface area contributed by atoms with E-state index in [1.807, 2.05) is 0 Å². The maximum atomic E-state index is 11.6. The Hall–Kier alpha value is -0.720. The molecule has 1 aromatic rings. The van der Waals surface area contributed by atoms with Gasteiger partial charge in [-0.15, -0.1) is 17.5 Å². The molecule has 7 heteroatoms. The summed E-state index contributed by atoms with van der Waals surface area (Å²) >= 11 is 1.20. The lowest BCUT2D eigenvalue weighted by Gasteiger charge is -2.05. The van der Waals surface area contributed by atoms with Crippen LogP contribution in [0.15, 0.2) is 5.38 Å². The standard InChI is InChI=1S/C8H10N4OS.ClH/c13-8(6-3-14-12-11-6)10-7-4-1-9-2-5(4)7;/h3-5,7,9H,1-2H2,(H,10,13);1H. The lowest BCUT2D eigenvalue weighted by molar-refractivity contribution is 0.0941. The molecule has 2 heterocycles. The molecule has 1 saturated heterocycles. The van der Waals surface area contributed by atoms with E-state index in [0.717, 1.165) is 13.1 Å². The summed E-state index contributed by atoms with van der Waals surface area (Å²) in [7, 11) is 0. The number of fused-ring (bicyclic) bond motifs is 1. The first-order valence-corrected chi connectivity index (χ1v) is 5.48. The molecule has 1 amide bonds.